The average molecular weight is 445 g/mol. The molecule has 1 atom stereocenters. The molecule has 9 nitrogen and oxygen atoms in total. The summed E-state index contributed by atoms with van der Waals surface area (Å²) in [6.45, 7) is 1.99. The maximum Gasteiger partial charge on any atom is 0.279 e. The van der Waals surface area contributed by atoms with Crippen molar-refractivity contribution in [3.63, 3.8) is 0 Å². The smallest absolute Gasteiger partial charge is 0.279 e. The van der Waals surface area contributed by atoms with Crippen molar-refractivity contribution in [1.82, 2.24) is 20.1 Å². The van der Waals surface area contributed by atoms with Gasteiger partial charge in [-0.1, -0.05) is 25.5 Å². The van der Waals surface area contributed by atoms with Crippen LogP contribution in [0.25, 0.3) is 16.6 Å². The summed E-state index contributed by atoms with van der Waals surface area (Å²) in [5.41, 5.74) is 1.62. The molecule has 2 aromatic heterocycles. The first-order valence-electron chi connectivity index (χ1n) is 10.6. The molecule has 0 aliphatic carbocycles. The summed E-state index contributed by atoms with van der Waals surface area (Å²) in [5, 5.41) is 30.2. The zero-order chi connectivity index (χ0) is 23.4. The molecule has 1 amide bonds. The fraction of sp³-hybridized carbons (Fsp3) is 0.208. The van der Waals surface area contributed by atoms with E-state index in [-0.39, 0.29) is 33.8 Å². The van der Waals surface area contributed by atoms with E-state index in [0.29, 0.717) is 18.4 Å². The number of unbranched alkanes of at least 4 members (excludes halogenated alkanes) is 1. The van der Waals surface area contributed by atoms with E-state index in [2.05, 4.69) is 15.4 Å². The van der Waals surface area contributed by atoms with Crippen LogP contribution in [0.1, 0.15) is 43.4 Å². The number of rotatable bonds is 8. The Hall–Kier alpha value is -4.27. The van der Waals surface area contributed by atoms with Crippen molar-refractivity contribution < 1.29 is 14.8 Å². The van der Waals surface area contributed by atoms with Crippen molar-refractivity contribution in [3.05, 3.63) is 88.4 Å². The zero-order valence-corrected chi connectivity index (χ0v) is 18.0. The van der Waals surface area contributed by atoms with Gasteiger partial charge in [-0.25, -0.2) is 4.68 Å². The quantitative estimate of drug-likeness (QED) is 0.305. The first-order chi connectivity index (χ1) is 16.0. The van der Waals surface area contributed by atoms with Gasteiger partial charge < -0.3 is 10.4 Å². The Morgan fingerprint density at radius 3 is 2.67 bits per heavy atom. The molecule has 2 aromatic carbocycles. The lowest BCUT2D eigenvalue weighted by molar-refractivity contribution is -0.383. The molecule has 0 aliphatic rings. The predicted octanol–water partition coefficient (Wildman–Crippen LogP) is 4.43. The molecule has 4 aromatic rings. The molecule has 168 valence electrons. The molecular weight excluding hydrogens is 422 g/mol. The lowest BCUT2D eigenvalue weighted by atomic mass is 9.95. The molecule has 33 heavy (non-hydrogen) atoms. The molecule has 0 aliphatic heterocycles. The second-order valence-corrected chi connectivity index (χ2v) is 7.64. The number of hydrogen-bond acceptors (Lipinski definition) is 6. The molecule has 9 heteroatoms. The highest BCUT2D eigenvalue weighted by Gasteiger charge is 2.27. The monoisotopic (exact) mass is 445 g/mol. The first kappa shape index (κ1) is 21.9. The molecule has 0 bridgehead atoms. The van der Waals surface area contributed by atoms with Crippen molar-refractivity contribution in [2.45, 2.75) is 32.2 Å². The lowest BCUT2D eigenvalue weighted by Gasteiger charge is -2.22. The van der Waals surface area contributed by atoms with E-state index in [4.69, 9.17) is 0 Å². The van der Waals surface area contributed by atoms with Gasteiger partial charge in [-0.2, -0.15) is 5.10 Å². The number of pyridine rings is 1. The number of phenolic OH excluding ortho intramolecular Hbond substituents is 1. The SMILES string of the molecule is CCCCC(=O)NC(c1ccc(-n2cccn2)cc1)c1cc([N+](=O)[O-])c2cccnc2c1O. The molecule has 0 radical (unpaired) electrons. The summed E-state index contributed by atoms with van der Waals surface area (Å²) in [7, 11) is 0. The number of carbonyl (C=O) groups is 1. The minimum atomic E-state index is -0.800. The van der Waals surface area contributed by atoms with Crippen LogP contribution in [0.2, 0.25) is 0 Å². The Balaban J connectivity index is 1.83. The topological polar surface area (TPSA) is 123 Å². The fourth-order valence-electron chi connectivity index (χ4n) is 3.75. The Morgan fingerprint density at radius 1 is 1.21 bits per heavy atom. The second kappa shape index (κ2) is 9.47. The fourth-order valence-corrected chi connectivity index (χ4v) is 3.75. The standard InChI is InChI=1S/C24H23N5O4/c1-2-3-7-21(30)27-22(16-8-10-17(11-9-16)28-14-5-13-26-28)19-15-20(29(32)33)18-6-4-12-25-23(18)24(19)31/h4-6,8-15,22,31H,2-3,7H2,1H3,(H,27,30). The van der Waals surface area contributed by atoms with Crippen molar-refractivity contribution in [2.75, 3.05) is 0 Å². The highest BCUT2D eigenvalue weighted by Crippen LogP contribution is 2.39. The van der Waals surface area contributed by atoms with Gasteiger partial charge in [-0.15, -0.1) is 0 Å². The first-order valence-corrected chi connectivity index (χ1v) is 10.6. The van der Waals surface area contributed by atoms with Crippen LogP contribution in [-0.2, 0) is 4.79 Å². The van der Waals surface area contributed by atoms with E-state index in [0.717, 1.165) is 12.1 Å². The number of hydrogen-bond donors (Lipinski definition) is 2. The number of nitro benzene ring substituents is 1. The molecule has 2 heterocycles. The maximum atomic E-state index is 12.7. The summed E-state index contributed by atoms with van der Waals surface area (Å²) >= 11 is 0. The van der Waals surface area contributed by atoms with Crippen LogP contribution in [0.4, 0.5) is 5.69 Å². The molecule has 0 spiro atoms. The van der Waals surface area contributed by atoms with Gasteiger partial charge in [0.15, 0.2) is 0 Å². The molecule has 4 rings (SSSR count). The number of amides is 1. The zero-order valence-electron chi connectivity index (χ0n) is 18.0. The second-order valence-electron chi connectivity index (χ2n) is 7.64. The van der Waals surface area contributed by atoms with Crippen molar-refractivity contribution in [1.29, 1.82) is 0 Å². The van der Waals surface area contributed by atoms with Gasteiger partial charge in [0.05, 0.1) is 22.0 Å². The van der Waals surface area contributed by atoms with Crippen LogP contribution in [0, 0.1) is 10.1 Å². The molecular formula is C24H23N5O4. The predicted molar refractivity (Wildman–Crippen MR) is 123 cm³/mol. The van der Waals surface area contributed by atoms with E-state index in [1.165, 1.54) is 18.3 Å². The van der Waals surface area contributed by atoms with Crippen LogP contribution in [-0.4, -0.2) is 30.7 Å². The summed E-state index contributed by atoms with van der Waals surface area (Å²) in [5.74, 6) is -0.408. The summed E-state index contributed by atoms with van der Waals surface area (Å²) < 4.78 is 1.70. The number of aromatic hydroxyl groups is 1. The number of aromatic nitrogens is 3. The minimum absolute atomic E-state index is 0.114. The highest BCUT2D eigenvalue weighted by atomic mass is 16.6. The molecule has 0 saturated heterocycles. The molecule has 0 saturated carbocycles. The van der Waals surface area contributed by atoms with Gasteiger partial charge in [0.2, 0.25) is 5.91 Å². The Kier molecular flexibility index (Phi) is 6.30. The third kappa shape index (κ3) is 4.52. The number of nitrogens with zero attached hydrogens (tertiary/aromatic N) is 4. The van der Waals surface area contributed by atoms with Gasteiger partial charge >= 0.3 is 0 Å². The largest absolute Gasteiger partial charge is 0.505 e. The average Bonchev–Trinajstić information content (AvgIpc) is 3.37. The molecule has 0 fully saturated rings. The highest BCUT2D eigenvalue weighted by molar-refractivity contribution is 5.94. The van der Waals surface area contributed by atoms with Crippen molar-refractivity contribution in [2.24, 2.45) is 0 Å². The van der Waals surface area contributed by atoms with Gasteiger partial charge in [0.25, 0.3) is 5.69 Å². The summed E-state index contributed by atoms with van der Waals surface area (Å²) in [6.07, 6.45) is 6.82. The Labute approximate surface area is 189 Å². The van der Waals surface area contributed by atoms with Gasteiger partial charge in [0.1, 0.15) is 11.3 Å². The lowest BCUT2D eigenvalue weighted by Crippen LogP contribution is -2.29. The number of benzene rings is 2. The van der Waals surface area contributed by atoms with E-state index in [1.54, 1.807) is 29.1 Å². The summed E-state index contributed by atoms with van der Waals surface area (Å²) in [4.78, 5) is 28.1. The molecule has 1 unspecified atom stereocenters. The van der Waals surface area contributed by atoms with Crippen molar-refractivity contribution in [3.8, 4) is 11.4 Å². The van der Waals surface area contributed by atoms with Crippen LogP contribution >= 0.6 is 0 Å². The Bertz CT molecular complexity index is 1290. The molecule has 2 N–H and O–H groups in total. The van der Waals surface area contributed by atoms with E-state index >= 15 is 0 Å². The maximum absolute atomic E-state index is 12.7. The normalized spacial score (nSPS) is 11.9. The summed E-state index contributed by atoms with van der Waals surface area (Å²) in [6, 6.07) is 12.7. The van der Waals surface area contributed by atoms with Crippen LogP contribution < -0.4 is 5.32 Å². The number of non-ortho nitro benzene ring substituents is 1. The van der Waals surface area contributed by atoms with Gasteiger partial charge in [-0.3, -0.25) is 19.9 Å². The van der Waals surface area contributed by atoms with Gasteiger partial charge in [0, 0.05) is 36.6 Å². The van der Waals surface area contributed by atoms with Crippen LogP contribution in [0.3, 0.4) is 0 Å². The number of fused-ring (bicyclic) bond motifs is 1. The Morgan fingerprint density at radius 2 is 2.00 bits per heavy atom. The van der Waals surface area contributed by atoms with Gasteiger partial charge in [-0.05, 0) is 42.3 Å². The van der Waals surface area contributed by atoms with E-state index in [9.17, 15) is 20.0 Å². The third-order valence-corrected chi connectivity index (χ3v) is 5.44. The van der Waals surface area contributed by atoms with E-state index < -0.39 is 11.0 Å². The number of nitro groups is 1. The number of phenols is 1. The van der Waals surface area contributed by atoms with Crippen LogP contribution in [0.5, 0.6) is 5.75 Å². The number of carbonyl (C=O) groups excluding carboxylic acids is 1. The van der Waals surface area contributed by atoms with Crippen LogP contribution in [0.15, 0.2) is 67.1 Å². The van der Waals surface area contributed by atoms with E-state index in [1.807, 2.05) is 31.3 Å². The van der Waals surface area contributed by atoms with Crippen molar-refractivity contribution >= 4 is 22.5 Å². The number of nitrogens with one attached hydrogen (secondary N) is 1. The third-order valence-electron chi connectivity index (χ3n) is 5.44. The minimum Gasteiger partial charge on any atom is -0.505 e.